The molecule has 57 heavy (non-hydrogen) atoms. The van der Waals surface area contributed by atoms with Crippen LogP contribution in [-0.4, -0.2) is 19.9 Å². The predicted octanol–water partition coefficient (Wildman–Crippen LogP) is 13.5. The van der Waals surface area contributed by atoms with Crippen LogP contribution in [0, 0.1) is 0 Å². The molecule has 0 saturated carbocycles. The van der Waals surface area contributed by atoms with Crippen molar-refractivity contribution in [3.63, 3.8) is 0 Å². The highest BCUT2D eigenvalue weighted by Crippen LogP contribution is 2.48. The molecular formula is C52H30N4O. The number of benzene rings is 8. The molecule has 5 nitrogen and oxygen atoms in total. The lowest BCUT2D eigenvalue weighted by atomic mass is 9.92. The molecule has 1 aliphatic rings. The monoisotopic (exact) mass is 726 g/mol. The van der Waals surface area contributed by atoms with Gasteiger partial charge in [-0.1, -0.05) is 133 Å². The summed E-state index contributed by atoms with van der Waals surface area (Å²) >= 11 is 0. The number of rotatable bonds is 5. The van der Waals surface area contributed by atoms with Crippen molar-refractivity contribution in [2.75, 3.05) is 0 Å². The first-order valence-electron chi connectivity index (χ1n) is 19.1. The molecule has 5 heteroatoms. The quantitative estimate of drug-likeness (QED) is 0.177. The van der Waals surface area contributed by atoms with Gasteiger partial charge in [0, 0.05) is 56.2 Å². The van der Waals surface area contributed by atoms with Crippen LogP contribution in [0.4, 0.5) is 0 Å². The van der Waals surface area contributed by atoms with Gasteiger partial charge >= 0.3 is 0 Å². The average Bonchev–Trinajstić information content (AvgIpc) is 3.83. The number of nitrogens with zero attached hydrogens (tertiary/aromatic N) is 4. The van der Waals surface area contributed by atoms with Gasteiger partial charge in [0.05, 0.1) is 0 Å². The molecule has 0 bridgehead atoms. The highest BCUT2D eigenvalue weighted by atomic mass is 16.3. The van der Waals surface area contributed by atoms with Crippen LogP contribution in [0.15, 0.2) is 187 Å². The predicted molar refractivity (Wildman–Crippen MR) is 232 cm³/mol. The SMILES string of the molecule is c1ccc(-c2nc(-c3cccc(-c4cc5c6c(cncc6c4)-c4ccccc4-5)c3)nc(-c3ccc(-c4cccc5oc6ccccc6c45)c4ccccc34)n2)cc1. The molecule has 264 valence electrons. The zero-order valence-electron chi connectivity index (χ0n) is 30.5. The van der Waals surface area contributed by atoms with E-state index in [1.165, 1.54) is 27.6 Å². The van der Waals surface area contributed by atoms with Crippen molar-refractivity contribution in [1.82, 2.24) is 19.9 Å². The summed E-state index contributed by atoms with van der Waals surface area (Å²) in [6, 6.07) is 59.3. The summed E-state index contributed by atoms with van der Waals surface area (Å²) in [7, 11) is 0. The number of hydrogen-bond acceptors (Lipinski definition) is 5. The number of fused-ring (bicyclic) bond motifs is 7. The zero-order valence-corrected chi connectivity index (χ0v) is 30.5. The fourth-order valence-corrected chi connectivity index (χ4v) is 8.77. The van der Waals surface area contributed by atoms with Crippen molar-refractivity contribution in [3.05, 3.63) is 182 Å². The van der Waals surface area contributed by atoms with E-state index in [9.17, 15) is 0 Å². The average molecular weight is 727 g/mol. The molecule has 0 atom stereocenters. The molecule has 11 aromatic rings. The fourth-order valence-electron chi connectivity index (χ4n) is 8.77. The molecule has 12 rings (SSSR count). The van der Waals surface area contributed by atoms with Gasteiger partial charge in [0.1, 0.15) is 11.2 Å². The minimum Gasteiger partial charge on any atom is -0.456 e. The largest absolute Gasteiger partial charge is 0.456 e. The first-order chi connectivity index (χ1) is 28.2. The molecule has 0 N–H and O–H groups in total. The van der Waals surface area contributed by atoms with Gasteiger partial charge in [0.25, 0.3) is 0 Å². The summed E-state index contributed by atoms with van der Waals surface area (Å²) in [6.07, 6.45) is 3.96. The zero-order chi connectivity index (χ0) is 37.5. The second-order valence-electron chi connectivity index (χ2n) is 14.6. The Balaban J connectivity index is 1.03. The highest BCUT2D eigenvalue weighted by Gasteiger charge is 2.23. The van der Waals surface area contributed by atoms with E-state index in [-0.39, 0.29) is 0 Å². The number of pyridine rings is 1. The summed E-state index contributed by atoms with van der Waals surface area (Å²) in [5.41, 5.74) is 13.9. The van der Waals surface area contributed by atoms with Crippen LogP contribution >= 0.6 is 0 Å². The Kier molecular flexibility index (Phi) is 6.86. The van der Waals surface area contributed by atoms with Crippen molar-refractivity contribution in [1.29, 1.82) is 0 Å². The molecule has 8 aromatic carbocycles. The van der Waals surface area contributed by atoms with Crippen molar-refractivity contribution in [2.45, 2.75) is 0 Å². The van der Waals surface area contributed by atoms with Crippen LogP contribution in [0.25, 0.3) is 122 Å². The second kappa shape index (κ2) is 12.4. The Labute approximate surface area is 327 Å². The summed E-state index contributed by atoms with van der Waals surface area (Å²) < 4.78 is 6.28. The molecule has 0 unspecified atom stereocenters. The molecule has 1 aliphatic carbocycles. The Hall–Kier alpha value is -7.76. The lowest BCUT2D eigenvalue weighted by molar-refractivity contribution is 0.669. The summed E-state index contributed by atoms with van der Waals surface area (Å²) in [4.78, 5) is 20.1. The molecule has 0 amide bonds. The minimum atomic E-state index is 0.614. The smallest absolute Gasteiger partial charge is 0.164 e. The highest BCUT2D eigenvalue weighted by molar-refractivity contribution is 6.17. The number of furan rings is 1. The van der Waals surface area contributed by atoms with Gasteiger partial charge in [0.15, 0.2) is 17.5 Å². The van der Waals surface area contributed by atoms with E-state index in [4.69, 9.17) is 19.4 Å². The molecular weight excluding hydrogens is 697 g/mol. The lowest BCUT2D eigenvalue weighted by Gasteiger charge is -2.14. The first-order valence-corrected chi connectivity index (χ1v) is 19.1. The molecule has 3 aromatic heterocycles. The van der Waals surface area contributed by atoms with Gasteiger partial charge in [-0.2, -0.15) is 0 Å². The normalized spacial score (nSPS) is 11.9. The summed E-state index contributed by atoms with van der Waals surface area (Å²) in [6.45, 7) is 0. The van der Waals surface area contributed by atoms with E-state index in [1.807, 2.05) is 48.8 Å². The maximum absolute atomic E-state index is 6.28. The van der Waals surface area contributed by atoms with Crippen molar-refractivity contribution in [2.24, 2.45) is 0 Å². The van der Waals surface area contributed by atoms with E-state index in [0.29, 0.717) is 17.5 Å². The second-order valence-corrected chi connectivity index (χ2v) is 14.6. The van der Waals surface area contributed by atoms with E-state index < -0.39 is 0 Å². The minimum absolute atomic E-state index is 0.614. The van der Waals surface area contributed by atoms with Crippen LogP contribution in [0.5, 0.6) is 0 Å². The topological polar surface area (TPSA) is 64.7 Å². The van der Waals surface area contributed by atoms with E-state index in [2.05, 4.69) is 138 Å². The summed E-state index contributed by atoms with van der Waals surface area (Å²) in [5.74, 6) is 1.86. The van der Waals surface area contributed by atoms with Crippen molar-refractivity contribution in [3.8, 4) is 78.7 Å². The van der Waals surface area contributed by atoms with Crippen LogP contribution in [0.2, 0.25) is 0 Å². The van der Waals surface area contributed by atoms with Gasteiger partial charge in [-0.15, -0.1) is 0 Å². The third-order valence-electron chi connectivity index (χ3n) is 11.3. The molecule has 0 saturated heterocycles. The van der Waals surface area contributed by atoms with Crippen molar-refractivity contribution < 1.29 is 4.42 Å². The number of aromatic nitrogens is 4. The Morgan fingerprint density at radius 1 is 0.316 bits per heavy atom. The van der Waals surface area contributed by atoms with E-state index >= 15 is 0 Å². The van der Waals surface area contributed by atoms with Crippen LogP contribution in [-0.2, 0) is 0 Å². The van der Waals surface area contributed by atoms with Crippen LogP contribution < -0.4 is 0 Å². The van der Waals surface area contributed by atoms with E-state index in [1.54, 1.807) is 0 Å². The summed E-state index contributed by atoms with van der Waals surface area (Å²) in [5, 5.41) is 6.78. The number of para-hydroxylation sites is 1. The van der Waals surface area contributed by atoms with Gasteiger partial charge in [-0.25, -0.2) is 15.0 Å². The third-order valence-corrected chi connectivity index (χ3v) is 11.3. The lowest BCUT2D eigenvalue weighted by Crippen LogP contribution is -2.01. The molecule has 3 heterocycles. The first kappa shape index (κ1) is 31.6. The molecule has 0 fully saturated rings. The Morgan fingerprint density at radius 3 is 1.79 bits per heavy atom. The van der Waals surface area contributed by atoms with E-state index in [0.717, 1.165) is 77.0 Å². The van der Waals surface area contributed by atoms with Crippen LogP contribution in [0.1, 0.15) is 0 Å². The van der Waals surface area contributed by atoms with Gasteiger partial charge in [-0.3, -0.25) is 4.98 Å². The van der Waals surface area contributed by atoms with Crippen molar-refractivity contribution >= 4 is 43.5 Å². The van der Waals surface area contributed by atoms with Gasteiger partial charge in [-0.05, 0) is 86.1 Å². The maximum atomic E-state index is 6.28. The van der Waals surface area contributed by atoms with Crippen LogP contribution in [0.3, 0.4) is 0 Å². The van der Waals surface area contributed by atoms with Gasteiger partial charge < -0.3 is 4.42 Å². The molecule has 0 spiro atoms. The standard InChI is InChI=1S/C52H30N4O/c1-2-12-31(13-3-1)50-54-51(33-15-10-14-32(26-33)34-27-35-29-53-30-45-39-19-7-6-18-38(39)44(28-34)48(35)45)56-52(55-50)42-25-24-40(36-16-4-5-17-37(36)42)41-21-11-23-47-49(41)43-20-8-9-22-46(43)57-47/h1-30H. The molecule has 0 radical (unpaired) electrons. The van der Waals surface area contributed by atoms with Gasteiger partial charge in [0.2, 0.25) is 0 Å². The molecule has 0 aliphatic heterocycles. The Morgan fingerprint density at radius 2 is 0.930 bits per heavy atom. The third kappa shape index (κ3) is 4.96. The fraction of sp³-hybridized carbons (Fsp3) is 0. The Bertz CT molecular complexity index is 3420. The number of hydrogen-bond donors (Lipinski definition) is 0. The maximum Gasteiger partial charge on any atom is 0.164 e.